The van der Waals surface area contributed by atoms with Gasteiger partial charge in [-0.25, -0.2) is 18.2 Å². The lowest BCUT2D eigenvalue weighted by atomic mass is 10.2. The van der Waals surface area contributed by atoms with Gasteiger partial charge >= 0.3 is 0 Å². The van der Waals surface area contributed by atoms with Crippen LogP contribution in [0, 0.1) is 23.4 Å². The number of ether oxygens (including phenoxy) is 2. The summed E-state index contributed by atoms with van der Waals surface area (Å²) < 4.78 is 66.8. The van der Waals surface area contributed by atoms with E-state index in [0.29, 0.717) is 17.1 Å². The summed E-state index contributed by atoms with van der Waals surface area (Å²) in [6.45, 7) is 0.104. The van der Waals surface area contributed by atoms with Gasteiger partial charge in [0, 0.05) is 11.6 Å². The minimum atomic E-state index is -1.58. The second kappa shape index (κ2) is 9.04. The number of nitrogens with zero attached hydrogens (tertiary/aromatic N) is 2. The van der Waals surface area contributed by atoms with E-state index in [9.17, 15) is 17.6 Å². The van der Waals surface area contributed by atoms with Crippen molar-refractivity contribution < 1.29 is 27.0 Å². The summed E-state index contributed by atoms with van der Waals surface area (Å²) in [5.41, 5.74) is 0.662. The molecule has 29 heavy (non-hydrogen) atoms. The van der Waals surface area contributed by atoms with E-state index in [-0.39, 0.29) is 17.3 Å². The molecule has 4 nitrogen and oxygen atoms in total. The molecule has 0 aliphatic carbocycles. The summed E-state index contributed by atoms with van der Waals surface area (Å²) in [6, 6.07) is 11.2. The van der Waals surface area contributed by atoms with E-state index >= 15 is 0 Å². The quantitative estimate of drug-likeness (QED) is 0.221. The van der Waals surface area contributed by atoms with Gasteiger partial charge in [-0.1, -0.05) is 6.07 Å². The summed E-state index contributed by atoms with van der Waals surface area (Å²) in [5.74, 6) is -3.73. The molecular weight excluding hydrogens is 408 g/mol. The van der Waals surface area contributed by atoms with Crippen LogP contribution >= 0.6 is 11.9 Å². The van der Waals surface area contributed by atoms with Crippen LogP contribution in [0.5, 0.6) is 11.5 Å². The summed E-state index contributed by atoms with van der Waals surface area (Å²) in [4.78, 5) is 3.63. The zero-order valence-corrected chi connectivity index (χ0v) is 16.3. The molecule has 2 aromatic carbocycles. The first-order chi connectivity index (χ1) is 13.9. The van der Waals surface area contributed by atoms with E-state index in [1.807, 2.05) is 0 Å². The monoisotopic (exact) mass is 424 g/mol. The Morgan fingerprint density at radius 3 is 2.41 bits per heavy atom. The predicted octanol–water partition coefficient (Wildman–Crippen LogP) is 5.37. The smallest absolute Gasteiger partial charge is 0.214 e. The molecular formula is C20H16F4N2O2S. The van der Waals surface area contributed by atoms with E-state index in [4.69, 9.17) is 9.47 Å². The number of hydrogen-bond donors (Lipinski definition) is 0. The van der Waals surface area contributed by atoms with Gasteiger partial charge in [0.1, 0.15) is 17.3 Å². The van der Waals surface area contributed by atoms with Gasteiger partial charge in [0.15, 0.2) is 17.5 Å². The molecule has 1 heterocycles. The summed E-state index contributed by atoms with van der Waals surface area (Å²) in [5, 5.41) is 0. The lowest BCUT2D eigenvalue weighted by Crippen LogP contribution is -2.17. The van der Waals surface area contributed by atoms with Crippen LogP contribution in [-0.2, 0) is 6.54 Å². The maximum atomic E-state index is 14.2. The summed E-state index contributed by atoms with van der Waals surface area (Å²) in [6.07, 6.45) is 0. The SMILES string of the molecule is COc1ccc(CN(Sc2ccc(F)c(F)c2F)c2cccc(F)n2)c(OC)c1. The van der Waals surface area contributed by atoms with Gasteiger partial charge in [-0.15, -0.1) is 0 Å². The van der Waals surface area contributed by atoms with Gasteiger partial charge in [-0.05, 0) is 48.3 Å². The third kappa shape index (κ3) is 4.73. The second-order valence-corrected chi connectivity index (χ2v) is 6.86. The number of anilines is 1. The van der Waals surface area contributed by atoms with E-state index in [2.05, 4.69) is 4.98 Å². The molecule has 9 heteroatoms. The lowest BCUT2D eigenvalue weighted by molar-refractivity contribution is 0.391. The van der Waals surface area contributed by atoms with Crippen molar-refractivity contribution >= 4 is 17.8 Å². The maximum absolute atomic E-state index is 14.2. The summed E-state index contributed by atoms with van der Waals surface area (Å²) >= 11 is 0.760. The van der Waals surface area contributed by atoms with Gasteiger partial charge in [0.05, 0.1) is 25.7 Å². The molecule has 0 bridgehead atoms. The van der Waals surface area contributed by atoms with Gasteiger partial charge in [0.2, 0.25) is 5.95 Å². The molecule has 0 amide bonds. The van der Waals surface area contributed by atoms with E-state index in [1.165, 1.54) is 36.7 Å². The van der Waals surface area contributed by atoms with Gasteiger partial charge in [0.25, 0.3) is 0 Å². The first-order valence-electron chi connectivity index (χ1n) is 8.35. The fourth-order valence-corrected chi connectivity index (χ4v) is 3.47. The lowest BCUT2D eigenvalue weighted by Gasteiger charge is -2.24. The largest absolute Gasteiger partial charge is 0.497 e. The average Bonchev–Trinajstić information content (AvgIpc) is 2.73. The third-order valence-corrected chi connectivity index (χ3v) is 5.02. The van der Waals surface area contributed by atoms with Crippen molar-refractivity contribution in [1.29, 1.82) is 0 Å². The maximum Gasteiger partial charge on any atom is 0.214 e. The minimum absolute atomic E-state index is 0.104. The zero-order valence-electron chi connectivity index (χ0n) is 15.5. The summed E-state index contributed by atoms with van der Waals surface area (Å²) in [7, 11) is 2.99. The Bertz CT molecular complexity index is 1020. The Morgan fingerprint density at radius 2 is 1.72 bits per heavy atom. The minimum Gasteiger partial charge on any atom is -0.497 e. The number of aromatic nitrogens is 1. The molecule has 0 N–H and O–H groups in total. The van der Waals surface area contributed by atoms with Crippen LogP contribution in [0.25, 0.3) is 0 Å². The van der Waals surface area contributed by atoms with Crippen molar-refractivity contribution in [3.63, 3.8) is 0 Å². The Hall–Kier alpha value is -2.94. The zero-order chi connectivity index (χ0) is 21.0. The molecule has 3 rings (SSSR count). The van der Waals surface area contributed by atoms with Crippen LogP contribution in [0.1, 0.15) is 5.56 Å². The second-order valence-electron chi connectivity index (χ2n) is 5.80. The van der Waals surface area contributed by atoms with Crippen molar-refractivity contribution in [2.24, 2.45) is 0 Å². The van der Waals surface area contributed by atoms with E-state index in [1.54, 1.807) is 18.2 Å². The van der Waals surface area contributed by atoms with Crippen molar-refractivity contribution in [3.05, 3.63) is 77.5 Å². The van der Waals surface area contributed by atoms with Crippen LogP contribution < -0.4 is 13.8 Å². The van der Waals surface area contributed by atoms with Crippen LogP contribution in [0.15, 0.2) is 53.4 Å². The average molecular weight is 424 g/mol. The Kier molecular flexibility index (Phi) is 6.48. The molecule has 0 fully saturated rings. The third-order valence-electron chi connectivity index (χ3n) is 3.97. The molecule has 1 aromatic heterocycles. The van der Waals surface area contributed by atoms with Crippen molar-refractivity contribution in [3.8, 4) is 11.5 Å². The highest BCUT2D eigenvalue weighted by Crippen LogP contribution is 2.35. The molecule has 152 valence electrons. The molecule has 0 saturated carbocycles. The first kappa shape index (κ1) is 20.8. The fourth-order valence-electron chi connectivity index (χ4n) is 2.53. The van der Waals surface area contributed by atoms with Crippen LogP contribution in [0.3, 0.4) is 0 Å². The highest BCUT2D eigenvalue weighted by atomic mass is 32.2. The molecule has 0 spiro atoms. The van der Waals surface area contributed by atoms with Gasteiger partial charge in [-0.2, -0.15) is 4.39 Å². The molecule has 0 saturated heterocycles. The highest BCUT2D eigenvalue weighted by molar-refractivity contribution is 8.00. The Balaban J connectivity index is 2.00. The van der Waals surface area contributed by atoms with Gasteiger partial charge in [-0.3, -0.25) is 4.31 Å². The molecule has 0 aliphatic heterocycles. The van der Waals surface area contributed by atoms with E-state index < -0.39 is 23.4 Å². The molecule has 0 radical (unpaired) electrons. The van der Waals surface area contributed by atoms with Crippen molar-refractivity contribution in [1.82, 2.24) is 4.98 Å². The Morgan fingerprint density at radius 1 is 0.931 bits per heavy atom. The molecule has 3 aromatic rings. The van der Waals surface area contributed by atoms with Gasteiger partial charge < -0.3 is 9.47 Å². The number of benzene rings is 2. The first-order valence-corrected chi connectivity index (χ1v) is 9.12. The predicted molar refractivity (Wildman–Crippen MR) is 102 cm³/mol. The fraction of sp³-hybridized carbons (Fsp3) is 0.150. The molecule has 0 aliphatic rings. The standard InChI is InChI=1S/C20H16F4N2O2S/c1-27-13-7-6-12(15(10-13)28-2)11-26(18-5-3-4-17(22)25-18)29-16-9-8-14(21)19(23)20(16)24/h3-10H,11H2,1-2H3. The number of rotatable bonds is 7. The number of pyridine rings is 1. The van der Waals surface area contributed by atoms with Crippen molar-refractivity contribution in [2.45, 2.75) is 11.4 Å². The Labute approximate surface area is 169 Å². The van der Waals surface area contributed by atoms with Crippen LogP contribution in [0.4, 0.5) is 23.4 Å². The topological polar surface area (TPSA) is 34.6 Å². The highest BCUT2D eigenvalue weighted by Gasteiger charge is 2.20. The number of hydrogen-bond acceptors (Lipinski definition) is 5. The normalized spacial score (nSPS) is 10.7. The molecule has 0 atom stereocenters. The van der Waals surface area contributed by atoms with Crippen molar-refractivity contribution in [2.75, 3.05) is 18.5 Å². The van der Waals surface area contributed by atoms with E-state index in [0.717, 1.165) is 24.1 Å². The number of methoxy groups -OCH3 is 2. The van der Waals surface area contributed by atoms with Crippen LogP contribution in [-0.4, -0.2) is 19.2 Å². The molecule has 0 unspecified atom stereocenters. The number of halogens is 4. The van der Waals surface area contributed by atoms with Crippen LogP contribution in [0.2, 0.25) is 0 Å².